The zero-order valence-electron chi connectivity index (χ0n) is 16.2. The number of rotatable bonds is 4. The maximum atomic E-state index is 12.9. The van der Waals surface area contributed by atoms with Gasteiger partial charge in [-0.25, -0.2) is 0 Å². The van der Waals surface area contributed by atoms with Gasteiger partial charge in [-0.05, 0) is 34.5 Å². The number of ether oxygens (including phenoxy) is 2. The zero-order valence-corrected chi connectivity index (χ0v) is 16.2. The third-order valence-corrected chi connectivity index (χ3v) is 5.33. The summed E-state index contributed by atoms with van der Waals surface area (Å²) in [6.07, 6.45) is 2.00. The lowest BCUT2D eigenvalue weighted by Gasteiger charge is -2.21. The summed E-state index contributed by atoms with van der Waals surface area (Å²) >= 11 is 0. The minimum atomic E-state index is 0.0375. The fourth-order valence-corrected chi connectivity index (χ4v) is 3.85. The molecule has 1 aromatic heterocycles. The van der Waals surface area contributed by atoms with Gasteiger partial charge in [0.15, 0.2) is 11.5 Å². The highest BCUT2D eigenvalue weighted by Gasteiger charge is 2.17. The molecule has 3 aromatic carbocycles. The van der Waals surface area contributed by atoms with Crippen LogP contribution in [0.3, 0.4) is 0 Å². The molecule has 2 heterocycles. The Hall–Kier alpha value is -3.47. The molecule has 29 heavy (non-hydrogen) atoms. The number of fused-ring (bicyclic) bond motifs is 4. The van der Waals surface area contributed by atoms with Crippen LogP contribution in [-0.2, 0) is 17.8 Å². The van der Waals surface area contributed by atoms with Gasteiger partial charge in [-0.15, -0.1) is 0 Å². The van der Waals surface area contributed by atoms with E-state index in [0.29, 0.717) is 26.2 Å². The summed E-state index contributed by atoms with van der Waals surface area (Å²) in [4.78, 5) is 14.6. The molecule has 0 saturated carbocycles. The summed E-state index contributed by atoms with van der Waals surface area (Å²) in [5.74, 6) is 1.53. The Kier molecular flexibility index (Phi) is 4.35. The van der Waals surface area contributed by atoms with Crippen LogP contribution in [-0.4, -0.2) is 31.1 Å². The normalized spacial score (nSPS) is 13.0. The van der Waals surface area contributed by atoms with Crippen LogP contribution in [0.5, 0.6) is 11.5 Å². The average Bonchev–Trinajstić information content (AvgIpc) is 3.17. The molecule has 1 aliphatic rings. The molecule has 5 heteroatoms. The van der Waals surface area contributed by atoms with Crippen LogP contribution in [0.2, 0.25) is 0 Å². The fraction of sp³-hybridized carbons (Fsp3) is 0.208. The van der Waals surface area contributed by atoms with Gasteiger partial charge in [-0.3, -0.25) is 4.79 Å². The first kappa shape index (κ1) is 17.6. The summed E-state index contributed by atoms with van der Waals surface area (Å²) in [6, 6.07) is 18.0. The number of amides is 1. The number of hydrogen-bond acceptors (Lipinski definition) is 4. The first-order chi connectivity index (χ1) is 14.2. The number of likely N-dealkylation sites (N-methyl/N-ethyl adjacent to an activating group) is 1. The summed E-state index contributed by atoms with van der Waals surface area (Å²) in [6.45, 7) is 1.62. The number of carbonyl (C=O) groups is 1. The fourth-order valence-electron chi connectivity index (χ4n) is 3.85. The molecule has 1 amide bonds. The first-order valence-electron chi connectivity index (χ1n) is 9.69. The Labute approximate surface area is 168 Å². The van der Waals surface area contributed by atoms with Gasteiger partial charge in [0.1, 0.15) is 18.8 Å². The number of hydrogen-bond donors (Lipinski definition) is 0. The Morgan fingerprint density at radius 1 is 1.00 bits per heavy atom. The van der Waals surface area contributed by atoms with Crippen molar-refractivity contribution >= 4 is 27.6 Å². The molecule has 0 spiro atoms. The van der Waals surface area contributed by atoms with E-state index in [4.69, 9.17) is 13.9 Å². The predicted octanol–water partition coefficient (Wildman–Crippen LogP) is 4.56. The minimum Gasteiger partial charge on any atom is -0.486 e. The van der Waals surface area contributed by atoms with Gasteiger partial charge in [0.05, 0.1) is 12.7 Å². The molecule has 5 rings (SSSR count). The van der Waals surface area contributed by atoms with Crippen molar-refractivity contribution in [2.75, 3.05) is 20.3 Å². The second kappa shape index (κ2) is 7.17. The van der Waals surface area contributed by atoms with Crippen LogP contribution in [0.25, 0.3) is 21.7 Å². The van der Waals surface area contributed by atoms with Crippen molar-refractivity contribution in [1.29, 1.82) is 0 Å². The van der Waals surface area contributed by atoms with Crippen molar-refractivity contribution in [2.24, 2.45) is 0 Å². The topological polar surface area (TPSA) is 51.9 Å². The maximum absolute atomic E-state index is 12.9. The lowest BCUT2D eigenvalue weighted by atomic mass is 10.0. The maximum Gasteiger partial charge on any atom is 0.227 e. The van der Waals surface area contributed by atoms with Crippen LogP contribution in [0, 0.1) is 0 Å². The lowest BCUT2D eigenvalue weighted by molar-refractivity contribution is -0.129. The number of benzene rings is 3. The monoisotopic (exact) mass is 387 g/mol. The molecule has 0 radical (unpaired) electrons. The van der Waals surface area contributed by atoms with E-state index >= 15 is 0 Å². The Morgan fingerprint density at radius 2 is 1.83 bits per heavy atom. The standard InChI is InChI=1S/C24H21NO4/c1-25(14-16-6-8-20-22(12-16)28-11-10-27-20)23(26)13-18-15-29-21-9-7-17-4-2-3-5-19(17)24(18)21/h2-9,12,15H,10-11,13-14H2,1H3. The lowest BCUT2D eigenvalue weighted by Crippen LogP contribution is -2.27. The van der Waals surface area contributed by atoms with Crippen molar-refractivity contribution in [3.05, 3.63) is 72.0 Å². The molecule has 4 aromatic rings. The van der Waals surface area contributed by atoms with Gasteiger partial charge in [0.2, 0.25) is 5.91 Å². The van der Waals surface area contributed by atoms with Gasteiger partial charge < -0.3 is 18.8 Å². The number of carbonyl (C=O) groups excluding carboxylic acids is 1. The molecule has 5 nitrogen and oxygen atoms in total. The molecule has 1 aliphatic heterocycles. The Bertz CT molecular complexity index is 1210. The first-order valence-corrected chi connectivity index (χ1v) is 9.69. The minimum absolute atomic E-state index is 0.0375. The van der Waals surface area contributed by atoms with E-state index in [1.165, 1.54) is 0 Å². The highest BCUT2D eigenvalue weighted by Crippen LogP contribution is 2.32. The van der Waals surface area contributed by atoms with Crippen LogP contribution in [0.4, 0.5) is 0 Å². The zero-order chi connectivity index (χ0) is 19.8. The molecule has 0 atom stereocenters. The third kappa shape index (κ3) is 3.29. The molecule has 0 fully saturated rings. The summed E-state index contributed by atoms with van der Waals surface area (Å²) in [5.41, 5.74) is 2.73. The van der Waals surface area contributed by atoms with E-state index in [1.54, 1.807) is 11.2 Å². The predicted molar refractivity (Wildman–Crippen MR) is 111 cm³/mol. The molecule has 0 N–H and O–H groups in total. The summed E-state index contributed by atoms with van der Waals surface area (Å²) in [7, 11) is 1.82. The van der Waals surface area contributed by atoms with Crippen LogP contribution >= 0.6 is 0 Å². The van der Waals surface area contributed by atoms with Crippen molar-refractivity contribution in [3.8, 4) is 11.5 Å². The smallest absolute Gasteiger partial charge is 0.227 e. The van der Waals surface area contributed by atoms with E-state index in [-0.39, 0.29) is 5.91 Å². The van der Waals surface area contributed by atoms with Crippen molar-refractivity contribution in [2.45, 2.75) is 13.0 Å². The number of nitrogens with zero attached hydrogens (tertiary/aromatic N) is 1. The van der Waals surface area contributed by atoms with Crippen LogP contribution in [0.15, 0.2) is 65.3 Å². The Balaban J connectivity index is 1.37. The average molecular weight is 387 g/mol. The molecule has 0 bridgehead atoms. The highest BCUT2D eigenvalue weighted by atomic mass is 16.6. The van der Waals surface area contributed by atoms with Gasteiger partial charge in [-0.2, -0.15) is 0 Å². The molecular weight excluding hydrogens is 366 g/mol. The van der Waals surface area contributed by atoms with Crippen molar-refractivity contribution in [3.63, 3.8) is 0 Å². The van der Waals surface area contributed by atoms with Crippen LogP contribution in [0.1, 0.15) is 11.1 Å². The van der Waals surface area contributed by atoms with E-state index in [1.807, 2.05) is 49.5 Å². The molecule has 0 unspecified atom stereocenters. The molecular formula is C24H21NO4. The van der Waals surface area contributed by atoms with E-state index in [0.717, 1.165) is 44.4 Å². The quantitative estimate of drug-likeness (QED) is 0.515. The second-order valence-electron chi connectivity index (χ2n) is 7.33. The Morgan fingerprint density at radius 3 is 2.72 bits per heavy atom. The van der Waals surface area contributed by atoms with E-state index in [9.17, 15) is 4.79 Å². The van der Waals surface area contributed by atoms with E-state index < -0.39 is 0 Å². The third-order valence-electron chi connectivity index (χ3n) is 5.33. The van der Waals surface area contributed by atoms with Gasteiger partial charge in [-0.1, -0.05) is 36.4 Å². The summed E-state index contributed by atoms with van der Waals surface area (Å²) < 4.78 is 16.9. The highest BCUT2D eigenvalue weighted by molar-refractivity contribution is 6.08. The van der Waals surface area contributed by atoms with Crippen molar-refractivity contribution in [1.82, 2.24) is 4.90 Å². The molecule has 146 valence electrons. The SMILES string of the molecule is CN(Cc1ccc2c(c1)OCCO2)C(=O)Cc1coc2ccc3ccccc3c12. The largest absolute Gasteiger partial charge is 0.486 e. The second-order valence-corrected chi connectivity index (χ2v) is 7.33. The van der Waals surface area contributed by atoms with Gasteiger partial charge in [0.25, 0.3) is 0 Å². The van der Waals surface area contributed by atoms with Gasteiger partial charge >= 0.3 is 0 Å². The van der Waals surface area contributed by atoms with Crippen LogP contribution < -0.4 is 9.47 Å². The van der Waals surface area contributed by atoms with E-state index in [2.05, 4.69) is 12.1 Å². The van der Waals surface area contributed by atoms with Crippen molar-refractivity contribution < 1.29 is 18.7 Å². The molecule has 0 aliphatic carbocycles. The number of furan rings is 1. The van der Waals surface area contributed by atoms with Gasteiger partial charge in [0, 0.05) is 24.5 Å². The molecule has 0 saturated heterocycles. The summed E-state index contributed by atoms with van der Waals surface area (Å²) in [5, 5.41) is 3.26.